The first-order valence-corrected chi connectivity index (χ1v) is 5.64. The fourth-order valence-electron chi connectivity index (χ4n) is 1.15. The molecule has 0 saturated carbocycles. The van der Waals surface area contributed by atoms with Crippen LogP contribution in [-0.4, -0.2) is 22.6 Å². The van der Waals surface area contributed by atoms with Gasteiger partial charge in [0, 0.05) is 5.38 Å². The number of anilines is 1. The summed E-state index contributed by atoms with van der Waals surface area (Å²) in [6.45, 7) is 5.91. The Morgan fingerprint density at radius 3 is 2.80 bits per heavy atom. The molecule has 5 heteroatoms. The van der Waals surface area contributed by atoms with E-state index < -0.39 is 12.5 Å². The zero-order chi connectivity index (χ0) is 11.5. The van der Waals surface area contributed by atoms with Crippen LogP contribution in [0.3, 0.4) is 0 Å². The molecule has 1 heterocycles. The zero-order valence-electron chi connectivity index (χ0n) is 9.20. The van der Waals surface area contributed by atoms with Crippen LogP contribution >= 0.6 is 11.3 Å². The zero-order valence-corrected chi connectivity index (χ0v) is 10.0. The Morgan fingerprint density at radius 1 is 1.60 bits per heavy atom. The van der Waals surface area contributed by atoms with E-state index in [0.29, 0.717) is 5.13 Å². The highest BCUT2D eigenvalue weighted by Gasteiger charge is 2.14. The summed E-state index contributed by atoms with van der Waals surface area (Å²) in [6, 6.07) is 0. The normalized spacial score (nSPS) is 11.5. The van der Waals surface area contributed by atoms with Gasteiger partial charge in [0.2, 0.25) is 0 Å². The molecule has 0 aromatic carbocycles. The predicted octanol–water partition coefficient (Wildman–Crippen LogP) is 1.66. The predicted molar refractivity (Wildman–Crippen MR) is 61.0 cm³/mol. The Balaban J connectivity index is 2.60. The van der Waals surface area contributed by atoms with E-state index in [2.05, 4.69) is 31.1 Å². The van der Waals surface area contributed by atoms with Gasteiger partial charge in [-0.05, 0) is 11.8 Å². The van der Waals surface area contributed by atoms with Crippen molar-refractivity contribution in [3.05, 3.63) is 11.1 Å². The topological polar surface area (TPSA) is 62.2 Å². The lowest BCUT2D eigenvalue weighted by atomic mass is 9.91. The highest BCUT2D eigenvalue weighted by Crippen LogP contribution is 2.23. The number of hydrogen-bond acceptors (Lipinski definition) is 4. The van der Waals surface area contributed by atoms with Gasteiger partial charge in [0.25, 0.3) is 5.91 Å². The summed E-state index contributed by atoms with van der Waals surface area (Å²) in [5.41, 5.74) is 1.16. The van der Waals surface area contributed by atoms with E-state index in [4.69, 9.17) is 5.11 Å². The highest BCUT2D eigenvalue weighted by molar-refractivity contribution is 7.13. The van der Waals surface area contributed by atoms with Gasteiger partial charge < -0.3 is 5.11 Å². The fraction of sp³-hybridized carbons (Fsp3) is 0.600. The quantitative estimate of drug-likeness (QED) is 0.827. The lowest BCUT2D eigenvalue weighted by Crippen LogP contribution is -2.15. The minimum Gasteiger partial charge on any atom is -0.387 e. The van der Waals surface area contributed by atoms with Crippen molar-refractivity contribution in [1.82, 2.24) is 4.98 Å². The molecule has 4 nitrogen and oxygen atoms in total. The lowest BCUT2D eigenvalue weighted by Gasteiger charge is -2.15. The van der Waals surface area contributed by atoms with Crippen LogP contribution < -0.4 is 5.32 Å². The number of rotatable bonds is 3. The number of nitrogens with one attached hydrogen (secondary N) is 1. The van der Waals surface area contributed by atoms with Crippen LogP contribution in [-0.2, 0) is 11.2 Å². The van der Waals surface area contributed by atoms with Crippen molar-refractivity contribution in [3.63, 3.8) is 0 Å². The standard InChI is InChI=1S/C10H16N2O2S/c1-10(2,3)4-7-6-15-9(11-7)12-8(14)5-13/h6,13H,4-5H2,1-3H3,(H,11,12,14). The second-order valence-corrected chi connectivity index (χ2v) is 5.45. The summed E-state index contributed by atoms with van der Waals surface area (Å²) in [5.74, 6) is -0.424. The summed E-state index contributed by atoms with van der Waals surface area (Å²) in [6.07, 6.45) is 0.874. The molecular formula is C10H16N2O2S. The van der Waals surface area contributed by atoms with Crippen LogP contribution in [0.1, 0.15) is 26.5 Å². The molecule has 1 aromatic heterocycles. The van der Waals surface area contributed by atoms with Gasteiger partial charge >= 0.3 is 0 Å². The molecule has 0 spiro atoms. The molecular weight excluding hydrogens is 212 g/mol. The monoisotopic (exact) mass is 228 g/mol. The number of amides is 1. The third-order valence-electron chi connectivity index (χ3n) is 1.65. The molecule has 1 amide bonds. The van der Waals surface area contributed by atoms with Gasteiger partial charge in [-0.3, -0.25) is 10.1 Å². The number of aliphatic hydroxyl groups is 1. The fourth-order valence-corrected chi connectivity index (χ4v) is 1.87. The third kappa shape index (κ3) is 4.40. The van der Waals surface area contributed by atoms with E-state index in [0.717, 1.165) is 12.1 Å². The summed E-state index contributed by atoms with van der Waals surface area (Å²) in [5, 5.41) is 13.5. The van der Waals surface area contributed by atoms with Gasteiger partial charge in [0.1, 0.15) is 6.61 Å². The Kier molecular flexibility index (Phi) is 3.82. The molecule has 0 saturated heterocycles. The SMILES string of the molecule is CC(C)(C)Cc1csc(NC(=O)CO)n1. The Hall–Kier alpha value is -0.940. The molecule has 0 aliphatic carbocycles. The molecule has 1 rings (SSSR count). The smallest absolute Gasteiger partial charge is 0.251 e. The van der Waals surface area contributed by atoms with E-state index >= 15 is 0 Å². The lowest BCUT2D eigenvalue weighted by molar-refractivity contribution is -0.118. The number of carbonyl (C=O) groups excluding carboxylic acids is 1. The minimum absolute atomic E-state index is 0.187. The minimum atomic E-state index is -0.506. The van der Waals surface area contributed by atoms with Crippen LogP contribution in [0.15, 0.2) is 5.38 Å². The highest BCUT2D eigenvalue weighted by atomic mass is 32.1. The van der Waals surface area contributed by atoms with Crippen LogP contribution in [0.25, 0.3) is 0 Å². The molecule has 0 atom stereocenters. The number of thiazole rings is 1. The van der Waals surface area contributed by atoms with E-state index in [-0.39, 0.29) is 5.41 Å². The molecule has 0 aliphatic rings. The summed E-state index contributed by atoms with van der Waals surface area (Å²) < 4.78 is 0. The van der Waals surface area contributed by atoms with Gasteiger partial charge in [-0.25, -0.2) is 4.98 Å². The van der Waals surface area contributed by atoms with Crippen molar-refractivity contribution in [2.24, 2.45) is 5.41 Å². The van der Waals surface area contributed by atoms with Crippen molar-refractivity contribution in [2.75, 3.05) is 11.9 Å². The largest absolute Gasteiger partial charge is 0.387 e. The van der Waals surface area contributed by atoms with Crippen molar-refractivity contribution in [1.29, 1.82) is 0 Å². The van der Waals surface area contributed by atoms with Gasteiger partial charge in [-0.15, -0.1) is 11.3 Å². The Labute approximate surface area is 93.4 Å². The first kappa shape index (κ1) is 12.1. The molecule has 0 fully saturated rings. The van der Waals surface area contributed by atoms with Crippen molar-refractivity contribution in [2.45, 2.75) is 27.2 Å². The molecule has 2 N–H and O–H groups in total. The van der Waals surface area contributed by atoms with Gasteiger partial charge in [0.15, 0.2) is 5.13 Å². The summed E-state index contributed by atoms with van der Waals surface area (Å²) in [7, 11) is 0. The number of carbonyl (C=O) groups is 1. The average Bonchev–Trinajstić information content (AvgIpc) is 2.49. The maximum Gasteiger partial charge on any atom is 0.251 e. The number of nitrogens with zero attached hydrogens (tertiary/aromatic N) is 1. The van der Waals surface area contributed by atoms with E-state index in [9.17, 15) is 4.79 Å². The van der Waals surface area contributed by atoms with E-state index in [1.807, 2.05) is 5.38 Å². The summed E-state index contributed by atoms with van der Waals surface area (Å²) in [4.78, 5) is 15.1. The second-order valence-electron chi connectivity index (χ2n) is 4.59. The number of hydrogen-bond donors (Lipinski definition) is 2. The van der Waals surface area contributed by atoms with Crippen molar-refractivity contribution >= 4 is 22.4 Å². The number of aromatic nitrogens is 1. The maximum absolute atomic E-state index is 10.9. The molecule has 15 heavy (non-hydrogen) atoms. The second kappa shape index (κ2) is 4.72. The maximum atomic E-state index is 10.9. The van der Waals surface area contributed by atoms with Crippen LogP contribution in [0.2, 0.25) is 0 Å². The first-order valence-electron chi connectivity index (χ1n) is 4.76. The Bertz CT molecular complexity index is 341. The van der Waals surface area contributed by atoms with Crippen LogP contribution in [0.4, 0.5) is 5.13 Å². The molecule has 0 radical (unpaired) electrons. The van der Waals surface area contributed by atoms with Crippen molar-refractivity contribution < 1.29 is 9.90 Å². The Morgan fingerprint density at radius 2 is 2.27 bits per heavy atom. The summed E-state index contributed by atoms with van der Waals surface area (Å²) >= 11 is 1.38. The van der Waals surface area contributed by atoms with E-state index in [1.165, 1.54) is 11.3 Å². The molecule has 1 aromatic rings. The van der Waals surface area contributed by atoms with Gasteiger partial charge in [-0.2, -0.15) is 0 Å². The molecule has 84 valence electrons. The van der Waals surface area contributed by atoms with E-state index in [1.54, 1.807) is 0 Å². The van der Waals surface area contributed by atoms with Gasteiger partial charge in [0.05, 0.1) is 5.69 Å². The van der Waals surface area contributed by atoms with Crippen molar-refractivity contribution in [3.8, 4) is 0 Å². The van der Waals surface area contributed by atoms with Gasteiger partial charge in [-0.1, -0.05) is 20.8 Å². The van der Waals surface area contributed by atoms with Crippen LogP contribution in [0, 0.1) is 5.41 Å². The van der Waals surface area contributed by atoms with Crippen LogP contribution in [0.5, 0.6) is 0 Å². The first-order chi connectivity index (χ1) is 6.90. The molecule has 0 unspecified atom stereocenters. The molecule has 0 aliphatic heterocycles. The third-order valence-corrected chi connectivity index (χ3v) is 2.46. The molecule has 0 bridgehead atoms. The average molecular weight is 228 g/mol. The number of aliphatic hydroxyl groups excluding tert-OH is 1.